The van der Waals surface area contributed by atoms with Crippen LogP contribution in [-0.2, 0) is 17.9 Å². The molecule has 0 radical (unpaired) electrons. The zero-order chi connectivity index (χ0) is 24.2. The number of rotatable bonds is 7. The van der Waals surface area contributed by atoms with E-state index < -0.39 is 6.03 Å². The number of nitrogens with one attached hydrogen (secondary N) is 1. The van der Waals surface area contributed by atoms with Gasteiger partial charge in [-0.1, -0.05) is 57.9 Å². The fourth-order valence-corrected chi connectivity index (χ4v) is 4.41. The first-order chi connectivity index (χ1) is 16.3. The second-order valence-corrected chi connectivity index (χ2v) is 9.59. The molecule has 6 nitrogen and oxygen atoms in total. The number of hydrogen-bond donors (Lipinski definition) is 1. The zero-order valence-corrected chi connectivity index (χ0v) is 21.8. The van der Waals surface area contributed by atoms with Crippen LogP contribution in [0.2, 0.25) is 0 Å². The molecule has 1 heterocycles. The maximum absolute atomic E-state index is 12.9. The molecule has 1 saturated heterocycles. The van der Waals surface area contributed by atoms with Gasteiger partial charge in [-0.3, -0.25) is 9.69 Å². The van der Waals surface area contributed by atoms with E-state index in [1.165, 1.54) is 4.90 Å². The molecule has 34 heavy (non-hydrogen) atoms. The molecular weight excluding hydrogens is 564 g/mol. The summed E-state index contributed by atoms with van der Waals surface area (Å²) >= 11 is 6.96. The van der Waals surface area contributed by atoms with Crippen LogP contribution in [0.4, 0.5) is 4.79 Å². The van der Waals surface area contributed by atoms with Gasteiger partial charge < -0.3 is 14.8 Å². The largest absolute Gasteiger partial charge is 0.493 e. The molecule has 4 rings (SSSR count). The lowest BCUT2D eigenvalue weighted by Crippen LogP contribution is -2.30. The quantitative estimate of drug-likeness (QED) is 0.265. The van der Waals surface area contributed by atoms with Gasteiger partial charge in [0, 0.05) is 4.47 Å². The highest BCUT2D eigenvalue weighted by Gasteiger charge is 2.33. The third kappa shape index (κ3) is 5.51. The molecule has 0 unspecified atom stereocenters. The van der Waals surface area contributed by atoms with E-state index in [0.29, 0.717) is 28.1 Å². The van der Waals surface area contributed by atoms with Crippen LogP contribution in [0.25, 0.3) is 6.08 Å². The summed E-state index contributed by atoms with van der Waals surface area (Å²) in [5.74, 6) is 0.680. The summed E-state index contributed by atoms with van der Waals surface area (Å²) in [6, 6.07) is 18.7. The van der Waals surface area contributed by atoms with Gasteiger partial charge in [-0.2, -0.15) is 0 Å². The highest BCUT2D eigenvalue weighted by atomic mass is 79.9. The highest BCUT2D eigenvalue weighted by molar-refractivity contribution is 9.10. The van der Waals surface area contributed by atoms with Crippen molar-refractivity contribution in [3.05, 3.63) is 97.6 Å². The second-order valence-electron chi connectivity index (χ2n) is 7.82. The molecule has 3 amide bonds. The SMILES string of the molecule is COc1cc(/C=C2/NC(=O)N(Cc3cccc(C)c3)C2=O)cc(Br)c1OCc1ccc(Br)cc1. The molecule has 0 bridgehead atoms. The Kier molecular flexibility index (Phi) is 7.38. The molecule has 3 aromatic carbocycles. The maximum atomic E-state index is 12.9. The number of hydrogen-bond acceptors (Lipinski definition) is 4. The number of carbonyl (C=O) groups is 2. The molecule has 1 aliphatic rings. The van der Waals surface area contributed by atoms with Gasteiger partial charge >= 0.3 is 6.03 Å². The lowest BCUT2D eigenvalue weighted by Gasteiger charge is -2.14. The molecular formula is C26H22Br2N2O4. The number of methoxy groups -OCH3 is 1. The minimum absolute atomic E-state index is 0.204. The van der Waals surface area contributed by atoms with E-state index in [9.17, 15) is 9.59 Å². The first kappa shape index (κ1) is 24.0. The third-order valence-corrected chi connectivity index (χ3v) is 6.36. The van der Waals surface area contributed by atoms with Gasteiger partial charge in [0.2, 0.25) is 0 Å². The first-order valence-corrected chi connectivity index (χ1v) is 12.1. The molecule has 0 spiro atoms. The molecule has 0 atom stereocenters. The first-order valence-electron chi connectivity index (χ1n) is 10.5. The van der Waals surface area contributed by atoms with E-state index in [4.69, 9.17) is 9.47 Å². The van der Waals surface area contributed by atoms with Crippen molar-refractivity contribution in [2.24, 2.45) is 0 Å². The molecule has 1 aliphatic heterocycles. The lowest BCUT2D eigenvalue weighted by molar-refractivity contribution is -0.123. The number of benzene rings is 3. The molecule has 174 valence electrons. The number of amides is 3. The van der Waals surface area contributed by atoms with Crippen molar-refractivity contribution >= 4 is 49.9 Å². The summed E-state index contributed by atoms with van der Waals surface area (Å²) in [7, 11) is 1.55. The van der Waals surface area contributed by atoms with Crippen LogP contribution in [0.5, 0.6) is 11.5 Å². The molecule has 3 aromatic rings. The topological polar surface area (TPSA) is 67.9 Å². The van der Waals surface area contributed by atoms with Crippen molar-refractivity contribution in [3.63, 3.8) is 0 Å². The van der Waals surface area contributed by atoms with Crippen molar-refractivity contribution < 1.29 is 19.1 Å². The highest BCUT2D eigenvalue weighted by Crippen LogP contribution is 2.38. The number of urea groups is 1. The van der Waals surface area contributed by atoms with Crippen molar-refractivity contribution in [3.8, 4) is 11.5 Å². The Morgan fingerprint density at radius 3 is 2.47 bits per heavy atom. The Morgan fingerprint density at radius 2 is 1.76 bits per heavy atom. The smallest absolute Gasteiger partial charge is 0.329 e. The average Bonchev–Trinajstić information content (AvgIpc) is 3.06. The van der Waals surface area contributed by atoms with Gasteiger partial charge in [0.15, 0.2) is 11.5 Å². The van der Waals surface area contributed by atoms with E-state index in [1.54, 1.807) is 19.3 Å². The van der Waals surface area contributed by atoms with E-state index in [1.807, 2.05) is 61.5 Å². The van der Waals surface area contributed by atoms with E-state index in [-0.39, 0.29) is 18.1 Å². The van der Waals surface area contributed by atoms with Crippen molar-refractivity contribution in [2.75, 3.05) is 7.11 Å². The Bertz CT molecular complexity index is 1270. The van der Waals surface area contributed by atoms with Gasteiger partial charge in [-0.15, -0.1) is 0 Å². The van der Waals surface area contributed by atoms with Crippen molar-refractivity contribution in [1.82, 2.24) is 10.2 Å². The molecule has 1 N–H and O–H groups in total. The van der Waals surface area contributed by atoms with Crippen LogP contribution in [0.15, 0.2) is 75.3 Å². The van der Waals surface area contributed by atoms with Crippen LogP contribution in [-0.4, -0.2) is 23.9 Å². The predicted octanol–water partition coefficient (Wildman–Crippen LogP) is 6.20. The number of imide groups is 1. The monoisotopic (exact) mass is 584 g/mol. The summed E-state index contributed by atoms with van der Waals surface area (Å²) in [5.41, 5.74) is 3.85. The number of nitrogens with zero attached hydrogens (tertiary/aromatic N) is 1. The maximum Gasteiger partial charge on any atom is 0.329 e. The zero-order valence-electron chi connectivity index (χ0n) is 18.6. The summed E-state index contributed by atoms with van der Waals surface area (Å²) < 4.78 is 13.2. The second kappa shape index (κ2) is 10.4. The van der Waals surface area contributed by atoms with Crippen LogP contribution >= 0.6 is 31.9 Å². The van der Waals surface area contributed by atoms with Gasteiger partial charge in [0.1, 0.15) is 12.3 Å². The van der Waals surface area contributed by atoms with Crippen LogP contribution < -0.4 is 14.8 Å². The van der Waals surface area contributed by atoms with E-state index in [0.717, 1.165) is 21.2 Å². The number of aryl methyl sites for hydroxylation is 1. The standard InChI is InChI=1S/C26H22Br2N2O4/c1-16-4-3-5-18(10-16)14-30-25(31)22(29-26(30)32)12-19-11-21(28)24(23(13-19)33-2)34-15-17-6-8-20(27)9-7-17/h3-13H,14-15H2,1-2H3,(H,29,32)/b22-12+. The summed E-state index contributed by atoms with van der Waals surface area (Å²) in [6.07, 6.45) is 1.63. The molecule has 0 aliphatic carbocycles. The fourth-order valence-electron chi connectivity index (χ4n) is 3.57. The Morgan fingerprint density at radius 1 is 1.00 bits per heavy atom. The Labute approximate surface area is 214 Å². The fraction of sp³-hybridized carbons (Fsp3) is 0.154. The van der Waals surface area contributed by atoms with Crippen LogP contribution in [0.1, 0.15) is 22.3 Å². The molecule has 1 fully saturated rings. The molecule has 8 heteroatoms. The van der Waals surface area contributed by atoms with Gasteiger partial charge in [-0.25, -0.2) is 4.79 Å². The molecule has 0 aromatic heterocycles. The third-order valence-electron chi connectivity index (χ3n) is 5.24. The summed E-state index contributed by atoms with van der Waals surface area (Å²) in [4.78, 5) is 26.6. The van der Waals surface area contributed by atoms with Crippen LogP contribution in [0, 0.1) is 6.92 Å². The van der Waals surface area contributed by atoms with E-state index >= 15 is 0 Å². The van der Waals surface area contributed by atoms with Crippen LogP contribution in [0.3, 0.4) is 0 Å². The predicted molar refractivity (Wildman–Crippen MR) is 137 cm³/mol. The van der Waals surface area contributed by atoms with Crippen molar-refractivity contribution in [2.45, 2.75) is 20.1 Å². The minimum Gasteiger partial charge on any atom is -0.493 e. The van der Waals surface area contributed by atoms with Crippen molar-refractivity contribution in [1.29, 1.82) is 0 Å². The minimum atomic E-state index is -0.446. The number of ether oxygens (including phenoxy) is 2. The summed E-state index contributed by atoms with van der Waals surface area (Å²) in [6.45, 7) is 2.54. The van der Waals surface area contributed by atoms with Gasteiger partial charge in [0.25, 0.3) is 5.91 Å². The van der Waals surface area contributed by atoms with E-state index in [2.05, 4.69) is 37.2 Å². The number of halogens is 2. The Balaban J connectivity index is 1.53. The molecule has 0 saturated carbocycles. The van der Waals surface area contributed by atoms with Gasteiger partial charge in [-0.05, 0) is 69.9 Å². The Hall–Kier alpha value is -3.10. The van der Waals surface area contributed by atoms with Gasteiger partial charge in [0.05, 0.1) is 18.1 Å². The number of carbonyl (C=O) groups excluding carboxylic acids is 2. The average molecular weight is 586 g/mol. The summed E-state index contributed by atoms with van der Waals surface area (Å²) in [5, 5.41) is 2.67. The normalized spacial score (nSPS) is 14.5. The lowest BCUT2D eigenvalue weighted by atomic mass is 10.1.